The summed E-state index contributed by atoms with van der Waals surface area (Å²) in [6.07, 6.45) is 2.92. The molecule has 2 aromatic heterocycles. The maximum atomic E-state index is 11.9. The van der Waals surface area contributed by atoms with E-state index in [2.05, 4.69) is 20.4 Å². The Hall–Kier alpha value is -2.28. The number of aromatic nitrogens is 4. The molecule has 0 unspecified atom stereocenters. The van der Waals surface area contributed by atoms with Gasteiger partial charge in [0.05, 0.1) is 5.69 Å². The first-order chi connectivity index (χ1) is 8.20. The smallest absolute Gasteiger partial charge is 0.258 e. The van der Waals surface area contributed by atoms with Gasteiger partial charge in [-0.15, -0.1) is 0 Å². The quantitative estimate of drug-likeness (QED) is 0.771. The lowest BCUT2D eigenvalue weighted by Gasteiger charge is -2.04. The normalized spacial score (nSPS) is 10.2. The number of hydrogen-bond donors (Lipinski definition) is 2. The highest BCUT2D eigenvalue weighted by Gasteiger charge is 2.09. The molecule has 2 aromatic rings. The van der Waals surface area contributed by atoms with Gasteiger partial charge in [-0.2, -0.15) is 10.1 Å². The highest BCUT2D eigenvalue weighted by molar-refractivity contribution is 6.03. The molecule has 2 rings (SSSR count). The third-order valence-electron chi connectivity index (χ3n) is 2.22. The zero-order valence-electron chi connectivity index (χ0n) is 9.29. The zero-order valence-corrected chi connectivity index (χ0v) is 9.29. The van der Waals surface area contributed by atoms with Crippen LogP contribution in [0.2, 0.25) is 0 Å². The number of carbonyl (C=O) groups is 1. The van der Waals surface area contributed by atoms with Crippen molar-refractivity contribution in [2.45, 2.75) is 6.54 Å². The molecule has 0 radical (unpaired) electrons. The molecular weight excluding hydrogens is 220 g/mol. The monoisotopic (exact) mass is 232 g/mol. The molecule has 0 saturated heterocycles. The highest BCUT2D eigenvalue weighted by Crippen LogP contribution is 2.05. The van der Waals surface area contributed by atoms with Crippen LogP contribution < -0.4 is 11.1 Å². The van der Waals surface area contributed by atoms with Gasteiger partial charge in [0.1, 0.15) is 6.33 Å². The van der Waals surface area contributed by atoms with Crippen molar-refractivity contribution in [3.63, 3.8) is 0 Å². The third-order valence-corrected chi connectivity index (χ3v) is 2.22. The Bertz CT molecular complexity index is 535. The van der Waals surface area contributed by atoms with Crippen LogP contribution in [0.15, 0.2) is 24.7 Å². The van der Waals surface area contributed by atoms with E-state index in [0.717, 1.165) is 0 Å². The number of nitrogens with zero attached hydrogens (tertiary/aromatic N) is 4. The molecule has 0 aromatic carbocycles. The molecule has 0 aliphatic carbocycles. The summed E-state index contributed by atoms with van der Waals surface area (Å²) in [7, 11) is 1.69. The van der Waals surface area contributed by atoms with Crippen molar-refractivity contribution >= 4 is 11.9 Å². The van der Waals surface area contributed by atoms with Crippen molar-refractivity contribution in [3.8, 4) is 0 Å². The maximum absolute atomic E-state index is 11.9. The lowest BCUT2D eigenvalue weighted by molar-refractivity contribution is 0.102. The molecule has 0 saturated carbocycles. The van der Waals surface area contributed by atoms with Crippen LogP contribution >= 0.6 is 0 Å². The summed E-state index contributed by atoms with van der Waals surface area (Å²) in [4.78, 5) is 19.8. The summed E-state index contributed by atoms with van der Waals surface area (Å²) in [5.41, 5.74) is 6.61. The van der Waals surface area contributed by atoms with Crippen LogP contribution in [-0.4, -0.2) is 25.7 Å². The second-order valence-corrected chi connectivity index (χ2v) is 3.40. The van der Waals surface area contributed by atoms with Gasteiger partial charge in [-0.25, -0.2) is 4.68 Å². The van der Waals surface area contributed by atoms with E-state index < -0.39 is 0 Å². The topological polar surface area (TPSA) is 98.7 Å². The van der Waals surface area contributed by atoms with Crippen molar-refractivity contribution in [2.75, 3.05) is 5.32 Å². The summed E-state index contributed by atoms with van der Waals surface area (Å²) < 4.78 is 1.48. The fourth-order valence-corrected chi connectivity index (χ4v) is 1.31. The van der Waals surface area contributed by atoms with E-state index >= 15 is 0 Å². The van der Waals surface area contributed by atoms with Crippen molar-refractivity contribution in [3.05, 3.63) is 35.9 Å². The average molecular weight is 232 g/mol. The molecule has 0 aliphatic rings. The van der Waals surface area contributed by atoms with Gasteiger partial charge in [0.25, 0.3) is 5.91 Å². The van der Waals surface area contributed by atoms with Crippen LogP contribution in [0.1, 0.15) is 16.1 Å². The highest BCUT2D eigenvalue weighted by atomic mass is 16.1. The molecule has 0 atom stereocenters. The number of amides is 1. The Morgan fingerprint density at radius 2 is 2.35 bits per heavy atom. The van der Waals surface area contributed by atoms with Gasteiger partial charge < -0.3 is 5.73 Å². The predicted molar refractivity (Wildman–Crippen MR) is 61.1 cm³/mol. The Labute approximate surface area is 97.7 Å². The Kier molecular flexibility index (Phi) is 3.10. The minimum atomic E-state index is -0.266. The number of nitrogens with two attached hydrogens (primary N) is 1. The number of rotatable bonds is 3. The van der Waals surface area contributed by atoms with E-state index in [-0.39, 0.29) is 5.91 Å². The fraction of sp³-hybridized carbons (Fsp3) is 0.200. The van der Waals surface area contributed by atoms with Gasteiger partial charge in [-0.1, -0.05) is 0 Å². The van der Waals surface area contributed by atoms with Crippen LogP contribution in [0.25, 0.3) is 0 Å². The first kappa shape index (κ1) is 11.2. The first-order valence-corrected chi connectivity index (χ1v) is 5.01. The largest absolute Gasteiger partial charge is 0.325 e. The number of nitrogens with one attached hydrogen (secondary N) is 1. The fourth-order valence-electron chi connectivity index (χ4n) is 1.31. The van der Waals surface area contributed by atoms with E-state index in [1.54, 1.807) is 25.4 Å². The summed E-state index contributed by atoms with van der Waals surface area (Å²) in [5, 5.41) is 6.50. The lowest BCUT2D eigenvalue weighted by Crippen LogP contribution is -2.16. The Morgan fingerprint density at radius 3 is 3.00 bits per heavy atom. The SMILES string of the molecule is Cn1ncnc1NC(=O)c1ccnc(CN)c1. The van der Waals surface area contributed by atoms with Crippen molar-refractivity contribution in [2.24, 2.45) is 12.8 Å². The van der Waals surface area contributed by atoms with Crippen molar-refractivity contribution < 1.29 is 4.79 Å². The van der Waals surface area contributed by atoms with E-state index in [1.165, 1.54) is 11.0 Å². The van der Waals surface area contributed by atoms with E-state index in [9.17, 15) is 4.79 Å². The van der Waals surface area contributed by atoms with Gasteiger partial charge in [-0.05, 0) is 12.1 Å². The minimum Gasteiger partial charge on any atom is -0.325 e. The molecule has 17 heavy (non-hydrogen) atoms. The second kappa shape index (κ2) is 4.71. The summed E-state index contributed by atoms with van der Waals surface area (Å²) in [6, 6.07) is 3.26. The molecule has 2 heterocycles. The standard InChI is InChI=1S/C10H12N6O/c1-16-10(13-6-14-16)15-9(17)7-2-3-12-8(4-7)5-11/h2-4,6H,5,11H2,1H3,(H,13,14,15,17). The minimum absolute atomic E-state index is 0.266. The molecule has 7 heteroatoms. The van der Waals surface area contributed by atoms with Gasteiger partial charge in [0.15, 0.2) is 0 Å². The van der Waals surface area contributed by atoms with Gasteiger partial charge >= 0.3 is 0 Å². The number of aryl methyl sites for hydroxylation is 1. The van der Waals surface area contributed by atoms with Crippen LogP contribution in [0.5, 0.6) is 0 Å². The van der Waals surface area contributed by atoms with Crippen molar-refractivity contribution in [1.29, 1.82) is 0 Å². The van der Waals surface area contributed by atoms with Gasteiger partial charge in [0, 0.05) is 25.4 Å². The van der Waals surface area contributed by atoms with Gasteiger partial charge in [0.2, 0.25) is 5.95 Å². The summed E-state index contributed by atoms with van der Waals surface area (Å²) in [5.74, 6) is 0.124. The molecule has 3 N–H and O–H groups in total. The van der Waals surface area contributed by atoms with E-state index in [1.807, 2.05) is 0 Å². The number of pyridine rings is 1. The summed E-state index contributed by atoms with van der Waals surface area (Å²) in [6.45, 7) is 0.297. The second-order valence-electron chi connectivity index (χ2n) is 3.40. The number of hydrogen-bond acceptors (Lipinski definition) is 5. The molecule has 0 spiro atoms. The van der Waals surface area contributed by atoms with Crippen LogP contribution in [0.3, 0.4) is 0 Å². The Morgan fingerprint density at radius 1 is 1.53 bits per heavy atom. The molecule has 88 valence electrons. The summed E-state index contributed by atoms with van der Waals surface area (Å²) >= 11 is 0. The van der Waals surface area contributed by atoms with Crippen LogP contribution in [0.4, 0.5) is 5.95 Å². The van der Waals surface area contributed by atoms with Crippen molar-refractivity contribution in [1.82, 2.24) is 19.7 Å². The maximum Gasteiger partial charge on any atom is 0.258 e. The van der Waals surface area contributed by atoms with E-state index in [4.69, 9.17) is 5.73 Å². The zero-order chi connectivity index (χ0) is 12.3. The molecule has 0 aliphatic heterocycles. The van der Waals surface area contributed by atoms with E-state index in [0.29, 0.717) is 23.8 Å². The number of anilines is 1. The third kappa shape index (κ3) is 2.45. The number of carbonyl (C=O) groups excluding carboxylic acids is 1. The Balaban J connectivity index is 2.17. The first-order valence-electron chi connectivity index (χ1n) is 5.01. The molecule has 7 nitrogen and oxygen atoms in total. The molecule has 1 amide bonds. The lowest BCUT2D eigenvalue weighted by atomic mass is 10.2. The molecular formula is C10H12N6O. The predicted octanol–water partition coefficient (Wildman–Crippen LogP) is -0.0789. The van der Waals surface area contributed by atoms with Crippen LogP contribution in [-0.2, 0) is 13.6 Å². The molecule has 0 fully saturated rings. The van der Waals surface area contributed by atoms with Gasteiger partial charge in [-0.3, -0.25) is 15.1 Å². The molecule has 0 bridgehead atoms. The van der Waals surface area contributed by atoms with Crippen LogP contribution in [0, 0.1) is 0 Å². The average Bonchev–Trinajstić information content (AvgIpc) is 2.75.